The molecule has 0 saturated carbocycles. The quantitative estimate of drug-likeness (QED) is 0.489. The van der Waals surface area contributed by atoms with Crippen molar-refractivity contribution in [3.8, 4) is 0 Å². The second-order valence-corrected chi connectivity index (χ2v) is 6.94. The Kier molecular flexibility index (Phi) is 7.77. The third-order valence-electron chi connectivity index (χ3n) is 4.69. The zero-order valence-corrected chi connectivity index (χ0v) is 16.5. The Balaban J connectivity index is 2.15. The van der Waals surface area contributed by atoms with Crippen LogP contribution in [0, 0.1) is 0 Å². The maximum atomic E-state index is 12.2. The molecule has 7 heteroatoms. The lowest BCUT2D eigenvalue weighted by Gasteiger charge is -2.22. The molecule has 0 aliphatic carbocycles. The Labute approximate surface area is 169 Å². The van der Waals surface area contributed by atoms with Gasteiger partial charge in [0.1, 0.15) is 12.1 Å². The van der Waals surface area contributed by atoms with Crippen molar-refractivity contribution in [2.75, 3.05) is 5.32 Å². The minimum Gasteiger partial charge on any atom is -0.481 e. The van der Waals surface area contributed by atoms with E-state index in [-0.39, 0.29) is 0 Å². The lowest BCUT2D eigenvalue weighted by atomic mass is 9.91. The highest BCUT2D eigenvalue weighted by Gasteiger charge is 2.25. The topological polar surface area (TPSA) is 116 Å². The Bertz CT molecular complexity index is 853. The largest absolute Gasteiger partial charge is 0.481 e. The van der Waals surface area contributed by atoms with Crippen LogP contribution in [0.1, 0.15) is 37.3 Å². The summed E-state index contributed by atoms with van der Waals surface area (Å²) in [5.74, 6) is -3.29. The zero-order valence-electron chi connectivity index (χ0n) is 16.5. The first-order valence-corrected chi connectivity index (χ1v) is 9.45. The molecule has 2 rings (SSSR count). The summed E-state index contributed by atoms with van der Waals surface area (Å²) < 4.78 is 0. The highest BCUT2D eigenvalue weighted by Crippen LogP contribution is 2.29. The van der Waals surface area contributed by atoms with E-state index in [2.05, 4.69) is 10.6 Å². The normalized spacial score (nSPS) is 13.7. The third kappa shape index (κ3) is 6.34. The number of carboxylic acids is 2. The molecule has 4 N–H and O–H groups in total. The smallest absolute Gasteiger partial charge is 0.325 e. The molecular weight excluding hydrogens is 372 g/mol. The van der Waals surface area contributed by atoms with Gasteiger partial charge in [-0.1, -0.05) is 48.5 Å². The predicted octanol–water partition coefficient (Wildman–Crippen LogP) is 2.88. The van der Waals surface area contributed by atoms with Gasteiger partial charge in [-0.05, 0) is 43.9 Å². The average Bonchev–Trinajstić information content (AvgIpc) is 2.69. The predicted molar refractivity (Wildman–Crippen MR) is 110 cm³/mol. The number of benzene rings is 2. The van der Waals surface area contributed by atoms with Crippen LogP contribution in [0.2, 0.25) is 0 Å². The third-order valence-corrected chi connectivity index (χ3v) is 4.69. The van der Waals surface area contributed by atoms with Crippen molar-refractivity contribution >= 4 is 23.5 Å². The van der Waals surface area contributed by atoms with Crippen molar-refractivity contribution in [1.82, 2.24) is 5.32 Å². The SMILES string of the molecule is CC(Nc1ccccc1C(CCc1ccccc1)C(=O)O)C(=O)N[C@@H](C)C(=O)O. The van der Waals surface area contributed by atoms with E-state index in [1.165, 1.54) is 6.92 Å². The van der Waals surface area contributed by atoms with Crippen LogP contribution in [0.25, 0.3) is 0 Å². The van der Waals surface area contributed by atoms with Gasteiger partial charge in [0.15, 0.2) is 0 Å². The molecule has 3 atom stereocenters. The van der Waals surface area contributed by atoms with Crippen molar-refractivity contribution in [3.63, 3.8) is 0 Å². The molecule has 0 aliphatic heterocycles. The van der Waals surface area contributed by atoms with Crippen LogP contribution in [-0.4, -0.2) is 40.1 Å². The summed E-state index contributed by atoms with van der Waals surface area (Å²) in [7, 11) is 0. The number of nitrogens with one attached hydrogen (secondary N) is 2. The van der Waals surface area contributed by atoms with Gasteiger partial charge < -0.3 is 20.8 Å². The van der Waals surface area contributed by atoms with Gasteiger partial charge in [0.05, 0.1) is 5.92 Å². The molecule has 1 amide bonds. The average molecular weight is 398 g/mol. The number of amides is 1. The summed E-state index contributed by atoms with van der Waals surface area (Å²) in [6.07, 6.45) is 1.02. The van der Waals surface area contributed by atoms with Gasteiger partial charge in [-0.25, -0.2) is 0 Å². The van der Waals surface area contributed by atoms with Gasteiger partial charge >= 0.3 is 11.9 Å². The molecule has 29 heavy (non-hydrogen) atoms. The highest BCUT2D eigenvalue weighted by atomic mass is 16.4. The summed E-state index contributed by atoms with van der Waals surface area (Å²) in [5.41, 5.74) is 2.18. The summed E-state index contributed by atoms with van der Waals surface area (Å²) >= 11 is 0. The molecule has 0 saturated heterocycles. The maximum Gasteiger partial charge on any atom is 0.325 e. The van der Waals surface area contributed by atoms with Crippen LogP contribution in [0.4, 0.5) is 5.69 Å². The van der Waals surface area contributed by atoms with E-state index in [1.54, 1.807) is 31.2 Å². The van der Waals surface area contributed by atoms with Crippen LogP contribution in [0.15, 0.2) is 54.6 Å². The molecule has 0 aromatic heterocycles. The lowest BCUT2D eigenvalue weighted by molar-refractivity contribution is -0.141. The molecule has 0 aliphatic rings. The van der Waals surface area contributed by atoms with Crippen LogP contribution >= 0.6 is 0 Å². The molecule has 0 fully saturated rings. The van der Waals surface area contributed by atoms with Crippen molar-refractivity contribution in [3.05, 3.63) is 65.7 Å². The summed E-state index contributed by atoms with van der Waals surface area (Å²) in [6.45, 7) is 2.98. The Morgan fingerprint density at radius 1 is 0.862 bits per heavy atom. The van der Waals surface area contributed by atoms with Crippen LogP contribution in [0.3, 0.4) is 0 Å². The number of para-hydroxylation sites is 1. The standard InChI is InChI=1S/C22H26N2O5/c1-14(20(25)24-15(2)21(26)27)23-19-11-7-6-10-17(19)18(22(28)29)13-12-16-8-4-3-5-9-16/h3-11,14-15,18,23H,12-13H2,1-2H3,(H,24,25)(H,26,27)(H,28,29)/t14?,15-,18?/m0/s1. The van der Waals surface area contributed by atoms with Crippen molar-refractivity contribution < 1.29 is 24.6 Å². The van der Waals surface area contributed by atoms with Crippen LogP contribution in [-0.2, 0) is 20.8 Å². The number of rotatable bonds is 10. The van der Waals surface area contributed by atoms with E-state index < -0.39 is 35.8 Å². The second-order valence-electron chi connectivity index (χ2n) is 6.94. The fourth-order valence-corrected chi connectivity index (χ4v) is 3.00. The fourth-order valence-electron chi connectivity index (χ4n) is 3.00. The zero-order chi connectivity index (χ0) is 21.4. The van der Waals surface area contributed by atoms with E-state index in [1.807, 2.05) is 30.3 Å². The molecular formula is C22H26N2O5. The molecule has 2 aromatic rings. The number of carboxylic acid groups (broad SMARTS) is 2. The number of anilines is 1. The van der Waals surface area contributed by atoms with Crippen molar-refractivity contribution in [2.45, 2.75) is 44.7 Å². The molecule has 7 nitrogen and oxygen atoms in total. The molecule has 0 bridgehead atoms. The van der Waals surface area contributed by atoms with E-state index in [4.69, 9.17) is 5.11 Å². The Morgan fingerprint density at radius 3 is 2.10 bits per heavy atom. The number of aryl methyl sites for hydroxylation is 1. The maximum absolute atomic E-state index is 12.2. The lowest BCUT2D eigenvalue weighted by Crippen LogP contribution is -2.45. The van der Waals surface area contributed by atoms with Gasteiger partial charge in [0.2, 0.25) is 5.91 Å². The van der Waals surface area contributed by atoms with Gasteiger partial charge in [-0.3, -0.25) is 14.4 Å². The minimum absolute atomic E-state index is 0.411. The highest BCUT2D eigenvalue weighted by molar-refractivity contribution is 5.89. The van der Waals surface area contributed by atoms with Crippen molar-refractivity contribution in [1.29, 1.82) is 0 Å². The fraction of sp³-hybridized carbons (Fsp3) is 0.318. The first kappa shape index (κ1) is 21.9. The molecule has 0 spiro atoms. The van der Waals surface area contributed by atoms with Gasteiger partial charge in [-0.2, -0.15) is 0 Å². The molecule has 0 heterocycles. The Hall–Kier alpha value is -3.35. The number of aliphatic carboxylic acids is 2. The molecule has 2 aromatic carbocycles. The first-order valence-electron chi connectivity index (χ1n) is 9.45. The van der Waals surface area contributed by atoms with Crippen LogP contribution < -0.4 is 10.6 Å². The molecule has 154 valence electrons. The number of hydrogen-bond acceptors (Lipinski definition) is 4. The number of carbonyl (C=O) groups excluding carboxylic acids is 1. The van der Waals surface area contributed by atoms with Gasteiger partial charge in [0, 0.05) is 5.69 Å². The first-order chi connectivity index (χ1) is 13.8. The van der Waals surface area contributed by atoms with E-state index >= 15 is 0 Å². The monoisotopic (exact) mass is 398 g/mol. The number of carbonyl (C=O) groups is 3. The van der Waals surface area contributed by atoms with E-state index in [0.717, 1.165) is 5.56 Å². The molecule has 2 unspecified atom stereocenters. The van der Waals surface area contributed by atoms with Gasteiger partial charge in [-0.15, -0.1) is 0 Å². The minimum atomic E-state index is -1.13. The Morgan fingerprint density at radius 2 is 1.48 bits per heavy atom. The molecule has 0 radical (unpaired) electrons. The van der Waals surface area contributed by atoms with Crippen LogP contribution in [0.5, 0.6) is 0 Å². The van der Waals surface area contributed by atoms with E-state index in [0.29, 0.717) is 24.1 Å². The van der Waals surface area contributed by atoms with Crippen molar-refractivity contribution in [2.24, 2.45) is 0 Å². The van der Waals surface area contributed by atoms with E-state index in [9.17, 15) is 19.5 Å². The van der Waals surface area contributed by atoms with Gasteiger partial charge in [0.25, 0.3) is 0 Å². The second kappa shape index (κ2) is 10.3. The summed E-state index contributed by atoms with van der Waals surface area (Å²) in [4.78, 5) is 35.1. The summed E-state index contributed by atoms with van der Waals surface area (Å²) in [5, 5.41) is 24.1. The summed E-state index contributed by atoms with van der Waals surface area (Å²) in [6, 6.07) is 14.9. The number of hydrogen-bond donors (Lipinski definition) is 4.